The topological polar surface area (TPSA) is 69.7 Å². The van der Waals surface area contributed by atoms with Crippen LogP contribution in [0.15, 0.2) is 61.0 Å². The minimum absolute atomic E-state index is 0.245. The highest BCUT2D eigenvalue weighted by molar-refractivity contribution is 6.07. The van der Waals surface area contributed by atoms with Gasteiger partial charge in [-0.2, -0.15) is 0 Å². The Morgan fingerprint density at radius 1 is 1.04 bits per heavy atom. The normalized spacial score (nSPS) is 19.9. The van der Waals surface area contributed by atoms with Crippen molar-refractivity contribution in [2.75, 3.05) is 12.4 Å². The quantitative estimate of drug-likeness (QED) is 0.933. The molecule has 0 fully saturated rings. The van der Waals surface area contributed by atoms with E-state index >= 15 is 0 Å². The predicted octanol–water partition coefficient (Wildman–Crippen LogP) is 2.98. The average Bonchev–Trinajstić information content (AvgIpc) is 2.66. The molecule has 25 heavy (non-hydrogen) atoms. The van der Waals surface area contributed by atoms with Gasteiger partial charge in [0.05, 0.1) is 12.7 Å². The largest absolute Gasteiger partial charge is 0.493 e. The summed E-state index contributed by atoms with van der Waals surface area (Å²) in [5.41, 5.74) is 1.04. The number of hydrogen-bond acceptors (Lipinski definition) is 5. The minimum atomic E-state index is -0.289. The standard InChI is InChI=1S/C19H16N2O4/c1-23-16-7-6-13(19(22)21-12-8-10-20-11-9-12)17-18(16)25-15-5-3-2-4-14(15)24-17/h2-11,14-15H,1H3,(H,20,21,22). The third kappa shape index (κ3) is 2.82. The summed E-state index contributed by atoms with van der Waals surface area (Å²) in [5.74, 6) is 1.05. The first-order valence-electron chi connectivity index (χ1n) is 7.87. The number of methoxy groups -OCH3 is 1. The van der Waals surface area contributed by atoms with Gasteiger partial charge in [-0.1, -0.05) is 12.2 Å². The maximum Gasteiger partial charge on any atom is 0.259 e. The molecule has 1 amide bonds. The van der Waals surface area contributed by atoms with Crippen LogP contribution in [-0.4, -0.2) is 30.2 Å². The highest BCUT2D eigenvalue weighted by Gasteiger charge is 2.34. The number of pyridine rings is 1. The van der Waals surface area contributed by atoms with Gasteiger partial charge in [0, 0.05) is 18.1 Å². The molecule has 126 valence electrons. The van der Waals surface area contributed by atoms with Crippen LogP contribution in [0.3, 0.4) is 0 Å². The van der Waals surface area contributed by atoms with Crippen LogP contribution in [0.5, 0.6) is 17.2 Å². The van der Waals surface area contributed by atoms with Gasteiger partial charge in [-0.15, -0.1) is 0 Å². The summed E-state index contributed by atoms with van der Waals surface area (Å²) < 4.78 is 17.4. The number of aromatic nitrogens is 1. The van der Waals surface area contributed by atoms with Gasteiger partial charge in [0.15, 0.2) is 23.7 Å². The zero-order chi connectivity index (χ0) is 17.2. The molecular formula is C19H16N2O4. The van der Waals surface area contributed by atoms with E-state index in [1.165, 1.54) is 0 Å². The molecule has 2 aromatic rings. The Balaban J connectivity index is 1.71. The lowest BCUT2D eigenvalue weighted by Crippen LogP contribution is -2.38. The van der Waals surface area contributed by atoms with Crippen molar-refractivity contribution in [3.05, 3.63) is 66.5 Å². The van der Waals surface area contributed by atoms with Crippen molar-refractivity contribution in [1.29, 1.82) is 0 Å². The number of carbonyl (C=O) groups is 1. The van der Waals surface area contributed by atoms with E-state index in [-0.39, 0.29) is 18.1 Å². The maximum absolute atomic E-state index is 12.7. The van der Waals surface area contributed by atoms with E-state index in [1.807, 2.05) is 24.3 Å². The third-order valence-corrected chi connectivity index (χ3v) is 4.02. The van der Waals surface area contributed by atoms with Gasteiger partial charge >= 0.3 is 0 Å². The van der Waals surface area contributed by atoms with E-state index in [1.54, 1.807) is 43.8 Å². The van der Waals surface area contributed by atoms with E-state index < -0.39 is 0 Å². The van der Waals surface area contributed by atoms with Gasteiger partial charge in [0.2, 0.25) is 5.75 Å². The van der Waals surface area contributed by atoms with E-state index in [9.17, 15) is 4.79 Å². The number of nitrogens with zero attached hydrogens (tertiary/aromatic N) is 1. The molecular weight excluding hydrogens is 320 g/mol. The first-order valence-corrected chi connectivity index (χ1v) is 7.87. The summed E-state index contributed by atoms with van der Waals surface area (Å²) >= 11 is 0. The summed E-state index contributed by atoms with van der Waals surface area (Å²) in [4.78, 5) is 16.6. The molecule has 6 nitrogen and oxygen atoms in total. The fourth-order valence-electron chi connectivity index (χ4n) is 2.80. The first kappa shape index (κ1) is 15.3. The molecule has 4 rings (SSSR count). The lowest BCUT2D eigenvalue weighted by Gasteiger charge is -2.33. The average molecular weight is 336 g/mol. The molecule has 2 atom stereocenters. The lowest BCUT2D eigenvalue weighted by atomic mass is 10.0. The summed E-state index contributed by atoms with van der Waals surface area (Å²) in [6.45, 7) is 0. The smallest absolute Gasteiger partial charge is 0.259 e. The molecule has 0 saturated carbocycles. The molecule has 1 aromatic carbocycles. The van der Waals surface area contributed by atoms with Gasteiger partial charge in [-0.3, -0.25) is 9.78 Å². The number of nitrogens with one attached hydrogen (secondary N) is 1. The summed E-state index contributed by atoms with van der Waals surface area (Å²) in [6.07, 6.45) is 10.3. The van der Waals surface area contributed by atoms with Gasteiger partial charge in [0.1, 0.15) is 0 Å². The Bertz CT molecular complexity index is 861. The fraction of sp³-hybridized carbons (Fsp3) is 0.158. The van der Waals surface area contributed by atoms with Gasteiger partial charge in [0.25, 0.3) is 5.91 Å². The van der Waals surface area contributed by atoms with Gasteiger partial charge < -0.3 is 19.5 Å². The van der Waals surface area contributed by atoms with Crippen LogP contribution in [0.1, 0.15) is 10.4 Å². The Labute approximate surface area is 144 Å². The second-order valence-electron chi connectivity index (χ2n) is 5.60. The van der Waals surface area contributed by atoms with Crippen molar-refractivity contribution in [3.63, 3.8) is 0 Å². The molecule has 2 aliphatic rings. The van der Waals surface area contributed by atoms with E-state index in [4.69, 9.17) is 14.2 Å². The first-order chi connectivity index (χ1) is 12.3. The van der Waals surface area contributed by atoms with Crippen molar-refractivity contribution < 1.29 is 19.0 Å². The Kier molecular flexibility index (Phi) is 3.85. The highest BCUT2D eigenvalue weighted by Crippen LogP contribution is 2.45. The second-order valence-corrected chi connectivity index (χ2v) is 5.60. The number of fused-ring (bicyclic) bond motifs is 2. The SMILES string of the molecule is COc1ccc(C(=O)Nc2ccncc2)c2c1OC1C=CC=CC1O2. The van der Waals surface area contributed by atoms with Gasteiger partial charge in [-0.05, 0) is 36.4 Å². The van der Waals surface area contributed by atoms with Crippen LogP contribution in [0.2, 0.25) is 0 Å². The Morgan fingerprint density at radius 3 is 2.40 bits per heavy atom. The molecule has 6 heteroatoms. The predicted molar refractivity (Wildman–Crippen MR) is 92.3 cm³/mol. The van der Waals surface area contributed by atoms with Crippen molar-refractivity contribution >= 4 is 11.6 Å². The molecule has 2 unspecified atom stereocenters. The van der Waals surface area contributed by atoms with Crippen molar-refractivity contribution in [2.45, 2.75) is 12.2 Å². The van der Waals surface area contributed by atoms with Crippen molar-refractivity contribution in [1.82, 2.24) is 4.98 Å². The molecule has 0 spiro atoms. The van der Waals surface area contributed by atoms with Gasteiger partial charge in [-0.25, -0.2) is 0 Å². The molecule has 2 heterocycles. The van der Waals surface area contributed by atoms with Crippen LogP contribution in [0, 0.1) is 0 Å². The number of ether oxygens (including phenoxy) is 3. The molecule has 0 bridgehead atoms. The van der Waals surface area contributed by atoms with Crippen LogP contribution in [0.4, 0.5) is 5.69 Å². The number of amides is 1. The molecule has 1 aliphatic carbocycles. The summed E-state index contributed by atoms with van der Waals surface area (Å²) in [6, 6.07) is 6.80. The highest BCUT2D eigenvalue weighted by atomic mass is 16.6. The van der Waals surface area contributed by atoms with Crippen LogP contribution in [0.25, 0.3) is 0 Å². The van der Waals surface area contributed by atoms with Crippen LogP contribution in [-0.2, 0) is 0 Å². The summed E-state index contributed by atoms with van der Waals surface area (Å²) in [5, 5.41) is 2.83. The maximum atomic E-state index is 12.7. The number of anilines is 1. The number of carbonyl (C=O) groups excluding carboxylic acids is 1. The molecule has 0 radical (unpaired) electrons. The zero-order valence-electron chi connectivity index (χ0n) is 13.5. The third-order valence-electron chi connectivity index (χ3n) is 4.02. The number of allylic oxidation sites excluding steroid dienone is 2. The Morgan fingerprint density at radius 2 is 1.72 bits per heavy atom. The number of benzene rings is 1. The minimum Gasteiger partial charge on any atom is -0.493 e. The van der Waals surface area contributed by atoms with E-state index in [2.05, 4.69) is 10.3 Å². The molecule has 1 aliphatic heterocycles. The molecule has 0 saturated heterocycles. The lowest BCUT2D eigenvalue weighted by molar-refractivity contribution is 0.0700. The zero-order valence-corrected chi connectivity index (χ0v) is 13.5. The second kappa shape index (κ2) is 6.32. The van der Waals surface area contributed by atoms with Crippen LogP contribution >= 0.6 is 0 Å². The van der Waals surface area contributed by atoms with Crippen molar-refractivity contribution in [2.24, 2.45) is 0 Å². The van der Waals surface area contributed by atoms with E-state index in [0.717, 1.165) is 0 Å². The molecule has 1 N–H and O–H groups in total. The Hall–Kier alpha value is -3.28. The monoisotopic (exact) mass is 336 g/mol. The number of hydrogen-bond donors (Lipinski definition) is 1. The van der Waals surface area contributed by atoms with E-state index in [0.29, 0.717) is 28.5 Å². The molecule has 1 aromatic heterocycles. The fourth-order valence-corrected chi connectivity index (χ4v) is 2.80. The van der Waals surface area contributed by atoms with Crippen LogP contribution < -0.4 is 19.5 Å². The van der Waals surface area contributed by atoms with Crippen molar-refractivity contribution in [3.8, 4) is 17.2 Å². The summed E-state index contributed by atoms with van der Waals surface area (Å²) in [7, 11) is 1.55. The number of rotatable bonds is 3.